The van der Waals surface area contributed by atoms with Crippen LogP contribution in [0.5, 0.6) is 5.75 Å². The Hall–Kier alpha value is -1.78. The van der Waals surface area contributed by atoms with E-state index in [4.69, 9.17) is 10.5 Å². The van der Waals surface area contributed by atoms with Crippen molar-refractivity contribution in [2.75, 3.05) is 7.11 Å². The van der Waals surface area contributed by atoms with E-state index < -0.39 is 0 Å². The lowest BCUT2D eigenvalue weighted by atomic mass is 10.1. The second-order valence-corrected chi connectivity index (χ2v) is 5.87. The van der Waals surface area contributed by atoms with Gasteiger partial charge in [0.2, 0.25) is 0 Å². The molecule has 0 unspecified atom stereocenters. The largest absolute Gasteiger partial charge is 0.496 e. The first-order valence-electron chi connectivity index (χ1n) is 6.82. The fourth-order valence-electron chi connectivity index (χ4n) is 2.66. The quantitative estimate of drug-likeness (QED) is 0.779. The molecular weight excluding hydrogens is 328 g/mol. The molecule has 0 atom stereocenters. The third-order valence-electron chi connectivity index (χ3n) is 3.71. The number of hydrogen-bond acceptors (Lipinski definition) is 2. The van der Waals surface area contributed by atoms with Crippen LogP contribution in [0.2, 0.25) is 0 Å². The molecule has 0 saturated heterocycles. The Bertz CT molecular complexity index is 780. The second-order valence-electron chi connectivity index (χ2n) is 4.95. The summed E-state index contributed by atoms with van der Waals surface area (Å²) >= 11 is 3.52. The molecule has 0 saturated carbocycles. The van der Waals surface area contributed by atoms with Crippen molar-refractivity contribution in [3.05, 3.63) is 64.3 Å². The van der Waals surface area contributed by atoms with Crippen molar-refractivity contribution in [1.82, 2.24) is 4.57 Å². The maximum Gasteiger partial charge on any atom is 0.123 e. The number of hydrogen-bond donors (Lipinski definition) is 1. The lowest BCUT2D eigenvalue weighted by molar-refractivity contribution is 0.408. The summed E-state index contributed by atoms with van der Waals surface area (Å²) in [6.45, 7) is 1.32. The zero-order valence-corrected chi connectivity index (χ0v) is 13.4. The van der Waals surface area contributed by atoms with Gasteiger partial charge in [-0.15, -0.1) is 0 Å². The molecule has 108 valence electrons. The molecule has 1 heterocycles. The third kappa shape index (κ3) is 2.69. The minimum Gasteiger partial charge on any atom is -0.496 e. The van der Waals surface area contributed by atoms with Crippen molar-refractivity contribution < 1.29 is 4.74 Å². The summed E-state index contributed by atoms with van der Waals surface area (Å²) in [6.07, 6.45) is 2.10. The average Bonchev–Trinajstić information content (AvgIpc) is 2.91. The Morgan fingerprint density at radius 3 is 2.76 bits per heavy atom. The number of aromatic nitrogens is 1. The van der Waals surface area contributed by atoms with Crippen molar-refractivity contribution in [3.63, 3.8) is 0 Å². The van der Waals surface area contributed by atoms with Gasteiger partial charge < -0.3 is 15.0 Å². The molecule has 3 aromatic rings. The molecular formula is C17H17BrN2O. The zero-order valence-electron chi connectivity index (χ0n) is 11.8. The molecule has 0 aliphatic heterocycles. The first kappa shape index (κ1) is 14.2. The van der Waals surface area contributed by atoms with E-state index in [9.17, 15) is 0 Å². The molecule has 2 aromatic carbocycles. The van der Waals surface area contributed by atoms with Gasteiger partial charge in [-0.25, -0.2) is 0 Å². The summed E-state index contributed by atoms with van der Waals surface area (Å²) in [4.78, 5) is 0. The van der Waals surface area contributed by atoms with Crippen molar-refractivity contribution >= 4 is 26.8 Å². The van der Waals surface area contributed by atoms with Gasteiger partial charge >= 0.3 is 0 Å². The molecule has 3 nitrogen and oxygen atoms in total. The predicted octanol–water partition coefficient (Wildman–Crippen LogP) is 3.92. The molecule has 0 amide bonds. The van der Waals surface area contributed by atoms with E-state index in [2.05, 4.69) is 57.0 Å². The Morgan fingerprint density at radius 2 is 2.00 bits per heavy atom. The Balaban J connectivity index is 2.05. The molecule has 0 bridgehead atoms. The molecule has 1 aromatic heterocycles. The predicted molar refractivity (Wildman–Crippen MR) is 89.6 cm³/mol. The monoisotopic (exact) mass is 344 g/mol. The Kier molecular flexibility index (Phi) is 3.99. The molecule has 0 fully saturated rings. The van der Waals surface area contributed by atoms with Gasteiger partial charge in [-0.2, -0.15) is 0 Å². The highest BCUT2D eigenvalue weighted by Crippen LogP contribution is 2.26. The molecule has 4 heteroatoms. The lowest BCUT2D eigenvalue weighted by Gasteiger charge is -2.11. The van der Waals surface area contributed by atoms with Gasteiger partial charge in [0.05, 0.1) is 13.7 Å². The number of fused-ring (bicyclic) bond motifs is 1. The zero-order chi connectivity index (χ0) is 14.8. The van der Waals surface area contributed by atoms with Gasteiger partial charge in [0.1, 0.15) is 5.75 Å². The number of nitrogens with two attached hydrogens (primary N) is 1. The highest BCUT2D eigenvalue weighted by molar-refractivity contribution is 9.10. The number of methoxy groups -OCH3 is 1. The van der Waals surface area contributed by atoms with E-state index in [1.54, 1.807) is 7.11 Å². The van der Waals surface area contributed by atoms with Crippen LogP contribution in [-0.2, 0) is 13.1 Å². The maximum atomic E-state index is 5.81. The minimum absolute atomic E-state index is 0.557. The van der Waals surface area contributed by atoms with Gasteiger partial charge in [0.15, 0.2) is 0 Å². The molecule has 0 aliphatic rings. The fourth-order valence-corrected chi connectivity index (χ4v) is 3.07. The normalized spacial score (nSPS) is 11.0. The summed E-state index contributed by atoms with van der Waals surface area (Å²) < 4.78 is 8.73. The van der Waals surface area contributed by atoms with Crippen LogP contribution in [0, 0.1) is 0 Å². The summed E-state index contributed by atoms with van der Waals surface area (Å²) in [5.74, 6) is 0.898. The van der Waals surface area contributed by atoms with E-state index in [0.29, 0.717) is 6.54 Å². The fraction of sp³-hybridized carbons (Fsp3) is 0.176. The molecule has 0 aliphatic carbocycles. The van der Waals surface area contributed by atoms with Gasteiger partial charge in [-0.3, -0.25) is 0 Å². The number of benzene rings is 2. The van der Waals surface area contributed by atoms with E-state index in [1.165, 1.54) is 16.5 Å². The SMILES string of the molecule is COc1ccc(Br)cc1Cn1ccc2c(CN)cccc21. The van der Waals surface area contributed by atoms with Crippen LogP contribution >= 0.6 is 15.9 Å². The summed E-state index contributed by atoms with van der Waals surface area (Å²) in [7, 11) is 1.70. The van der Waals surface area contributed by atoms with Gasteiger partial charge in [0, 0.05) is 33.7 Å². The van der Waals surface area contributed by atoms with E-state index in [0.717, 1.165) is 22.3 Å². The Morgan fingerprint density at radius 1 is 1.14 bits per heavy atom. The molecule has 2 N–H and O–H groups in total. The van der Waals surface area contributed by atoms with Gasteiger partial charge in [-0.1, -0.05) is 28.1 Å². The average molecular weight is 345 g/mol. The number of ether oxygens (including phenoxy) is 1. The van der Waals surface area contributed by atoms with Crippen molar-refractivity contribution in [2.24, 2.45) is 5.73 Å². The van der Waals surface area contributed by atoms with Crippen LogP contribution in [0.1, 0.15) is 11.1 Å². The molecule has 0 spiro atoms. The lowest BCUT2D eigenvalue weighted by Crippen LogP contribution is -2.01. The van der Waals surface area contributed by atoms with E-state index in [1.807, 2.05) is 12.1 Å². The Labute approximate surface area is 132 Å². The highest BCUT2D eigenvalue weighted by Gasteiger charge is 2.08. The number of halogens is 1. The topological polar surface area (TPSA) is 40.2 Å². The number of nitrogens with zero attached hydrogens (tertiary/aromatic N) is 1. The smallest absolute Gasteiger partial charge is 0.123 e. The van der Waals surface area contributed by atoms with Crippen molar-refractivity contribution in [3.8, 4) is 5.75 Å². The van der Waals surface area contributed by atoms with Crippen LogP contribution in [0.4, 0.5) is 0 Å². The van der Waals surface area contributed by atoms with Crippen LogP contribution in [0.15, 0.2) is 53.1 Å². The first-order valence-corrected chi connectivity index (χ1v) is 7.61. The van der Waals surface area contributed by atoms with Gasteiger partial charge in [0.25, 0.3) is 0 Å². The molecule has 21 heavy (non-hydrogen) atoms. The maximum absolute atomic E-state index is 5.81. The van der Waals surface area contributed by atoms with Crippen LogP contribution in [0.25, 0.3) is 10.9 Å². The van der Waals surface area contributed by atoms with Crippen molar-refractivity contribution in [1.29, 1.82) is 0 Å². The summed E-state index contributed by atoms with van der Waals surface area (Å²) in [5, 5.41) is 1.22. The minimum atomic E-state index is 0.557. The molecule has 0 radical (unpaired) electrons. The molecule has 3 rings (SSSR count). The van der Waals surface area contributed by atoms with Gasteiger partial charge in [-0.05, 0) is 35.9 Å². The van der Waals surface area contributed by atoms with Crippen LogP contribution in [-0.4, -0.2) is 11.7 Å². The van der Waals surface area contributed by atoms with E-state index >= 15 is 0 Å². The van der Waals surface area contributed by atoms with Crippen LogP contribution in [0.3, 0.4) is 0 Å². The highest BCUT2D eigenvalue weighted by atomic mass is 79.9. The number of rotatable bonds is 4. The first-order chi connectivity index (χ1) is 10.2. The summed E-state index contributed by atoms with van der Waals surface area (Å²) in [6, 6.07) is 14.4. The standard InChI is InChI=1S/C17H17BrN2O/c1-21-17-6-5-14(18)9-13(17)11-20-8-7-15-12(10-19)3-2-4-16(15)20/h2-9H,10-11,19H2,1H3. The van der Waals surface area contributed by atoms with Crippen LogP contribution < -0.4 is 10.5 Å². The third-order valence-corrected chi connectivity index (χ3v) is 4.20. The summed E-state index contributed by atoms with van der Waals surface area (Å²) in [5.41, 5.74) is 9.32. The second kappa shape index (κ2) is 5.92. The van der Waals surface area contributed by atoms with E-state index in [-0.39, 0.29) is 0 Å². The van der Waals surface area contributed by atoms with Crippen molar-refractivity contribution in [2.45, 2.75) is 13.1 Å².